The standard InChI is InChI=1S/C42H80O11/c1-4-5-13-31(3)41-29-39(50)24-11-23-38(49)28-40(51)27-37(48)22-10-19-34(45)17-8-15-32(43)14-7-16-33(44)18-9-21-36(47)26-35(46)20-6-12-30(2)25-42(52)53-41/h25,31-41,43-51H,4-24,26-29H2,1-3H3/b30-25-/t31-,32+,33-,34+,35-,36+,37-,38-,39+,40-,41+/m0/s1. The van der Waals surface area contributed by atoms with Gasteiger partial charge in [-0.05, 0) is 154 Å². The second-order valence-electron chi connectivity index (χ2n) is 16.5. The van der Waals surface area contributed by atoms with Crippen molar-refractivity contribution >= 4 is 5.97 Å². The third-order valence-electron chi connectivity index (χ3n) is 10.9. The summed E-state index contributed by atoms with van der Waals surface area (Å²) in [5.41, 5.74) is 0.829. The van der Waals surface area contributed by atoms with Crippen LogP contribution in [-0.2, 0) is 9.53 Å². The van der Waals surface area contributed by atoms with Crippen LogP contribution in [0.15, 0.2) is 11.6 Å². The molecule has 0 aliphatic carbocycles. The number of hydrogen-bond donors (Lipinski definition) is 9. The maximum absolute atomic E-state index is 12.9. The molecule has 0 spiro atoms. The molecule has 1 heterocycles. The van der Waals surface area contributed by atoms with Crippen molar-refractivity contribution in [2.45, 2.75) is 242 Å². The third-order valence-corrected chi connectivity index (χ3v) is 10.9. The van der Waals surface area contributed by atoms with Crippen molar-refractivity contribution in [3.05, 3.63) is 11.6 Å². The van der Waals surface area contributed by atoms with Crippen LogP contribution >= 0.6 is 0 Å². The van der Waals surface area contributed by atoms with Crippen LogP contribution in [0.1, 0.15) is 181 Å². The summed E-state index contributed by atoms with van der Waals surface area (Å²) in [6, 6.07) is 0. The minimum absolute atomic E-state index is 0.0578. The Hall–Kier alpha value is -1.15. The van der Waals surface area contributed by atoms with E-state index >= 15 is 0 Å². The van der Waals surface area contributed by atoms with Crippen molar-refractivity contribution in [1.29, 1.82) is 0 Å². The van der Waals surface area contributed by atoms with Gasteiger partial charge in [0.05, 0.1) is 54.9 Å². The van der Waals surface area contributed by atoms with Gasteiger partial charge < -0.3 is 50.7 Å². The molecule has 0 aromatic rings. The second kappa shape index (κ2) is 30.0. The van der Waals surface area contributed by atoms with Gasteiger partial charge >= 0.3 is 5.97 Å². The molecule has 0 fully saturated rings. The van der Waals surface area contributed by atoms with E-state index in [2.05, 4.69) is 6.92 Å². The number of carbonyl (C=O) groups is 1. The molecule has 0 bridgehead atoms. The van der Waals surface area contributed by atoms with E-state index in [1.54, 1.807) is 0 Å². The first-order chi connectivity index (χ1) is 25.2. The van der Waals surface area contributed by atoms with E-state index in [0.29, 0.717) is 122 Å². The molecule has 53 heavy (non-hydrogen) atoms. The highest BCUT2D eigenvalue weighted by Gasteiger charge is 2.25. The summed E-state index contributed by atoms with van der Waals surface area (Å²) in [6.07, 6.45) is 8.57. The summed E-state index contributed by atoms with van der Waals surface area (Å²) in [4.78, 5) is 12.9. The number of hydrogen-bond acceptors (Lipinski definition) is 11. The molecule has 11 heteroatoms. The van der Waals surface area contributed by atoms with Crippen LogP contribution in [0.25, 0.3) is 0 Å². The predicted molar refractivity (Wildman–Crippen MR) is 208 cm³/mol. The fraction of sp³-hybridized carbons (Fsp3) is 0.929. The molecule has 0 radical (unpaired) electrons. The van der Waals surface area contributed by atoms with Crippen molar-refractivity contribution in [2.75, 3.05) is 0 Å². The van der Waals surface area contributed by atoms with Gasteiger partial charge in [-0.15, -0.1) is 0 Å². The zero-order valence-electron chi connectivity index (χ0n) is 33.4. The number of ether oxygens (including phenoxy) is 1. The number of aliphatic hydroxyl groups excluding tert-OH is 9. The maximum Gasteiger partial charge on any atom is 0.330 e. The Balaban J connectivity index is 2.79. The second-order valence-corrected chi connectivity index (χ2v) is 16.5. The van der Waals surface area contributed by atoms with Crippen molar-refractivity contribution in [3.8, 4) is 0 Å². The summed E-state index contributed by atoms with van der Waals surface area (Å²) in [5, 5.41) is 94.2. The van der Waals surface area contributed by atoms with Gasteiger partial charge in [0, 0.05) is 12.5 Å². The molecule has 0 saturated carbocycles. The van der Waals surface area contributed by atoms with Crippen LogP contribution in [0.4, 0.5) is 0 Å². The first kappa shape index (κ1) is 49.9. The average Bonchev–Trinajstić information content (AvgIpc) is 3.06. The molecule has 314 valence electrons. The van der Waals surface area contributed by atoms with E-state index in [4.69, 9.17) is 4.74 Å². The van der Waals surface area contributed by atoms with Gasteiger partial charge in [0.15, 0.2) is 0 Å². The van der Waals surface area contributed by atoms with Crippen LogP contribution in [0, 0.1) is 5.92 Å². The SMILES string of the molecule is CCCC[C@H](C)[C@H]1C[C@H](O)CCC[C@H](O)C[C@@H](O)C[C@@H](O)CCC[C@H](O)CCC[C@H](O)CCC[C@H](O)CCC[C@@H](O)C[C@@H](O)CCC/C(C)=C\C(=O)O1. The van der Waals surface area contributed by atoms with Gasteiger partial charge in [0.2, 0.25) is 0 Å². The normalized spacial score (nSPS) is 35.7. The van der Waals surface area contributed by atoms with Gasteiger partial charge in [0.1, 0.15) is 6.10 Å². The first-order valence-corrected chi connectivity index (χ1v) is 21.2. The fourth-order valence-corrected chi connectivity index (χ4v) is 7.46. The number of cyclic esters (lactones) is 1. The van der Waals surface area contributed by atoms with E-state index in [9.17, 15) is 50.8 Å². The molecule has 1 aliphatic rings. The van der Waals surface area contributed by atoms with Crippen LogP contribution in [0.5, 0.6) is 0 Å². The van der Waals surface area contributed by atoms with E-state index in [1.807, 2.05) is 13.8 Å². The first-order valence-electron chi connectivity index (χ1n) is 21.2. The molecule has 11 nitrogen and oxygen atoms in total. The molecule has 0 amide bonds. The monoisotopic (exact) mass is 761 g/mol. The Bertz CT molecular complexity index is 933. The summed E-state index contributed by atoms with van der Waals surface area (Å²) >= 11 is 0. The largest absolute Gasteiger partial charge is 0.459 e. The molecular formula is C42H80O11. The number of aliphatic hydroxyl groups is 9. The van der Waals surface area contributed by atoms with Gasteiger partial charge in [-0.2, -0.15) is 0 Å². The molecule has 0 unspecified atom stereocenters. The zero-order chi connectivity index (χ0) is 39.6. The molecule has 1 aliphatic heterocycles. The van der Waals surface area contributed by atoms with Crippen LogP contribution in [0.2, 0.25) is 0 Å². The third kappa shape index (κ3) is 27.2. The highest BCUT2D eigenvalue weighted by Crippen LogP contribution is 2.24. The molecule has 0 saturated heterocycles. The summed E-state index contributed by atoms with van der Waals surface area (Å²) in [7, 11) is 0. The summed E-state index contributed by atoms with van der Waals surface area (Å²) in [5.74, 6) is -0.397. The van der Waals surface area contributed by atoms with Crippen LogP contribution < -0.4 is 0 Å². The highest BCUT2D eigenvalue weighted by molar-refractivity contribution is 5.82. The van der Waals surface area contributed by atoms with Gasteiger partial charge in [0.25, 0.3) is 0 Å². The Kier molecular flexibility index (Phi) is 28.3. The molecule has 11 atom stereocenters. The molecule has 1 rings (SSSR count). The summed E-state index contributed by atoms with van der Waals surface area (Å²) in [6.45, 7) is 5.99. The molecular weight excluding hydrogens is 680 g/mol. The fourth-order valence-electron chi connectivity index (χ4n) is 7.46. The number of rotatable bonds is 4. The number of carbonyl (C=O) groups excluding carboxylic acids is 1. The van der Waals surface area contributed by atoms with Crippen molar-refractivity contribution < 1.29 is 55.5 Å². The predicted octanol–water partition coefficient (Wildman–Crippen LogP) is 5.51. The van der Waals surface area contributed by atoms with Gasteiger partial charge in [-0.3, -0.25) is 0 Å². The van der Waals surface area contributed by atoms with E-state index in [1.165, 1.54) is 6.08 Å². The lowest BCUT2D eigenvalue weighted by atomic mass is 9.92. The van der Waals surface area contributed by atoms with E-state index in [-0.39, 0.29) is 25.2 Å². The minimum atomic E-state index is -0.869. The van der Waals surface area contributed by atoms with Crippen molar-refractivity contribution in [2.24, 2.45) is 5.92 Å². The van der Waals surface area contributed by atoms with Gasteiger partial charge in [-0.25, -0.2) is 4.79 Å². The lowest BCUT2D eigenvalue weighted by Gasteiger charge is -2.26. The minimum Gasteiger partial charge on any atom is -0.459 e. The molecule has 9 N–H and O–H groups in total. The Labute approximate surface area is 320 Å². The lowest BCUT2D eigenvalue weighted by molar-refractivity contribution is -0.147. The highest BCUT2D eigenvalue weighted by atomic mass is 16.5. The van der Waals surface area contributed by atoms with Crippen LogP contribution in [0.3, 0.4) is 0 Å². The number of esters is 1. The average molecular weight is 761 g/mol. The van der Waals surface area contributed by atoms with Crippen molar-refractivity contribution in [3.63, 3.8) is 0 Å². The van der Waals surface area contributed by atoms with E-state index < -0.39 is 67.0 Å². The topological polar surface area (TPSA) is 208 Å². The lowest BCUT2D eigenvalue weighted by Crippen LogP contribution is -2.29. The Morgan fingerprint density at radius 1 is 0.547 bits per heavy atom. The van der Waals surface area contributed by atoms with Crippen LogP contribution in [-0.4, -0.2) is 113 Å². The van der Waals surface area contributed by atoms with Gasteiger partial charge in [-0.1, -0.05) is 32.3 Å². The quantitative estimate of drug-likeness (QED) is 0.163. The van der Waals surface area contributed by atoms with E-state index in [0.717, 1.165) is 24.8 Å². The molecule has 0 aromatic carbocycles. The summed E-state index contributed by atoms with van der Waals surface area (Å²) < 4.78 is 5.88. The molecule has 0 aromatic heterocycles. The Morgan fingerprint density at radius 2 is 0.887 bits per heavy atom. The Morgan fingerprint density at radius 3 is 1.28 bits per heavy atom. The smallest absolute Gasteiger partial charge is 0.330 e. The maximum atomic E-state index is 12.9. The van der Waals surface area contributed by atoms with Crippen molar-refractivity contribution in [1.82, 2.24) is 0 Å². The number of allylic oxidation sites excluding steroid dienone is 1. The zero-order valence-corrected chi connectivity index (χ0v) is 33.4. The number of unbranched alkanes of at least 4 members (excludes halogenated alkanes) is 1.